The standard InChI is InChI=1S/C24H22N6O/c1-16(2)19-6-3-4-7-20(19)22-25-14-21-23(28-22)29(24(31)27-21)15-17-8-10-18(11-9-17)30-13-5-12-26-30/h3-14,16H,15H2,1-2H3,(H,27,31). The number of imidazole rings is 1. The lowest BCUT2D eigenvalue weighted by molar-refractivity contribution is 0.776. The molecule has 0 saturated heterocycles. The first-order valence-corrected chi connectivity index (χ1v) is 10.2. The highest BCUT2D eigenvalue weighted by Crippen LogP contribution is 2.27. The van der Waals surface area contributed by atoms with E-state index in [1.807, 2.05) is 54.7 Å². The Balaban J connectivity index is 1.53. The summed E-state index contributed by atoms with van der Waals surface area (Å²) in [4.78, 5) is 24.8. The Hall–Kier alpha value is -4.00. The van der Waals surface area contributed by atoms with Crippen LogP contribution >= 0.6 is 0 Å². The van der Waals surface area contributed by atoms with Crippen molar-refractivity contribution >= 4 is 11.2 Å². The van der Waals surface area contributed by atoms with Gasteiger partial charge in [0.1, 0.15) is 5.52 Å². The minimum absolute atomic E-state index is 0.199. The number of rotatable bonds is 5. The number of nitrogens with one attached hydrogen (secondary N) is 1. The SMILES string of the molecule is CC(C)c1ccccc1-c1ncc2[nH]c(=O)n(Cc3ccc(-n4cccn4)cc3)c2n1. The van der Waals surface area contributed by atoms with Gasteiger partial charge in [0.05, 0.1) is 18.4 Å². The summed E-state index contributed by atoms with van der Waals surface area (Å²) in [5, 5.41) is 4.24. The van der Waals surface area contributed by atoms with Gasteiger partial charge in [0.25, 0.3) is 0 Å². The molecule has 0 atom stereocenters. The van der Waals surface area contributed by atoms with E-state index in [9.17, 15) is 4.79 Å². The third-order valence-corrected chi connectivity index (χ3v) is 5.38. The van der Waals surface area contributed by atoms with Gasteiger partial charge in [-0.15, -0.1) is 0 Å². The summed E-state index contributed by atoms with van der Waals surface area (Å²) in [6.07, 6.45) is 5.33. The minimum atomic E-state index is -0.199. The van der Waals surface area contributed by atoms with Crippen LogP contribution in [0.25, 0.3) is 28.2 Å². The van der Waals surface area contributed by atoms with E-state index in [1.54, 1.807) is 21.6 Å². The van der Waals surface area contributed by atoms with Gasteiger partial charge in [-0.2, -0.15) is 5.10 Å². The molecule has 3 heterocycles. The normalized spacial score (nSPS) is 11.5. The monoisotopic (exact) mass is 410 g/mol. The van der Waals surface area contributed by atoms with Crippen molar-refractivity contribution in [2.24, 2.45) is 0 Å². The molecule has 0 amide bonds. The Kier molecular flexibility index (Phi) is 4.71. The molecule has 31 heavy (non-hydrogen) atoms. The van der Waals surface area contributed by atoms with E-state index in [-0.39, 0.29) is 5.69 Å². The average Bonchev–Trinajstić information content (AvgIpc) is 3.43. The lowest BCUT2D eigenvalue weighted by Gasteiger charge is -2.11. The molecule has 0 unspecified atom stereocenters. The number of nitrogens with zero attached hydrogens (tertiary/aromatic N) is 5. The third kappa shape index (κ3) is 3.54. The number of benzene rings is 2. The molecule has 1 N–H and O–H groups in total. The van der Waals surface area contributed by atoms with Crippen LogP contribution in [0, 0.1) is 0 Å². The molecule has 0 aliphatic rings. The quantitative estimate of drug-likeness (QED) is 0.472. The summed E-state index contributed by atoms with van der Waals surface area (Å²) in [6, 6.07) is 18.0. The van der Waals surface area contributed by atoms with Gasteiger partial charge in [-0.25, -0.2) is 19.4 Å². The first kappa shape index (κ1) is 19.0. The summed E-state index contributed by atoms with van der Waals surface area (Å²) in [6.45, 7) is 4.72. The van der Waals surface area contributed by atoms with Gasteiger partial charge in [0.2, 0.25) is 0 Å². The minimum Gasteiger partial charge on any atom is -0.303 e. The summed E-state index contributed by atoms with van der Waals surface area (Å²) in [5.41, 5.74) is 5.17. The highest BCUT2D eigenvalue weighted by atomic mass is 16.1. The van der Waals surface area contributed by atoms with Gasteiger partial charge in [0.15, 0.2) is 11.5 Å². The number of H-pyrrole nitrogens is 1. The summed E-state index contributed by atoms with van der Waals surface area (Å²) >= 11 is 0. The molecule has 5 aromatic rings. The molecule has 5 rings (SSSR count). The molecule has 0 radical (unpaired) electrons. The summed E-state index contributed by atoms with van der Waals surface area (Å²) in [7, 11) is 0. The lowest BCUT2D eigenvalue weighted by atomic mass is 9.97. The number of fused-ring (bicyclic) bond motifs is 1. The second kappa shape index (κ2) is 7.68. The van der Waals surface area contributed by atoms with Crippen molar-refractivity contribution in [1.82, 2.24) is 29.3 Å². The number of aromatic nitrogens is 6. The fourth-order valence-electron chi connectivity index (χ4n) is 3.78. The van der Waals surface area contributed by atoms with Crippen molar-refractivity contribution in [3.8, 4) is 17.1 Å². The Morgan fingerprint density at radius 2 is 1.84 bits per heavy atom. The predicted molar refractivity (Wildman–Crippen MR) is 120 cm³/mol. The predicted octanol–water partition coefficient (Wildman–Crippen LogP) is 4.14. The maximum Gasteiger partial charge on any atom is 0.328 e. The summed E-state index contributed by atoms with van der Waals surface area (Å²) < 4.78 is 3.45. The first-order chi connectivity index (χ1) is 15.1. The van der Waals surface area contributed by atoms with E-state index in [0.717, 1.165) is 16.8 Å². The zero-order valence-corrected chi connectivity index (χ0v) is 17.4. The van der Waals surface area contributed by atoms with E-state index in [2.05, 4.69) is 35.0 Å². The number of hydrogen-bond acceptors (Lipinski definition) is 4. The Morgan fingerprint density at radius 1 is 1.03 bits per heavy atom. The van der Waals surface area contributed by atoms with Crippen molar-refractivity contribution in [3.05, 3.63) is 94.8 Å². The van der Waals surface area contributed by atoms with Crippen LogP contribution in [-0.2, 0) is 6.54 Å². The molecule has 7 heteroatoms. The molecule has 0 bridgehead atoms. The molecular weight excluding hydrogens is 388 g/mol. The Labute approximate surface area is 179 Å². The largest absolute Gasteiger partial charge is 0.328 e. The highest BCUT2D eigenvalue weighted by molar-refractivity contribution is 5.73. The van der Waals surface area contributed by atoms with Gasteiger partial charge < -0.3 is 4.98 Å². The van der Waals surface area contributed by atoms with Crippen molar-refractivity contribution in [3.63, 3.8) is 0 Å². The van der Waals surface area contributed by atoms with Crippen LogP contribution in [0.4, 0.5) is 0 Å². The van der Waals surface area contributed by atoms with Crippen molar-refractivity contribution in [2.45, 2.75) is 26.3 Å². The fourth-order valence-corrected chi connectivity index (χ4v) is 3.78. The maximum absolute atomic E-state index is 12.6. The van der Waals surface area contributed by atoms with Gasteiger partial charge in [0, 0.05) is 18.0 Å². The highest BCUT2D eigenvalue weighted by Gasteiger charge is 2.14. The summed E-state index contributed by atoms with van der Waals surface area (Å²) in [5.74, 6) is 0.968. The van der Waals surface area contributed by atoms with Crippen LogP contribution in [0.15, 0.2) is 78.0 Å². The lowest BCUT2D eigenvalue weighted by Crippen LogP contribution is -2.17. The van der Waals surface area contributed by atoms with Crippen LogP contribution in [0.1, 0.15) is 30.9 Å². The first-order valence-electron chi connectivity index (χ1n) is 10.2. The second-order valence-electron chi connectivity index (χ2n) is 7.81. The van der Waals surface area contributed by atoms with Crippen molar-refractivity contribution < 1.29 is 0 Å². The fraction of sp³-hybridized carbons (Fsp3) is 0.167. The van der Waals surface area contributed by atoms with E-state index < -0.39 is 0 Å². The number of hydrogen-bond donors (Lipinski definition) is 1. The van der Waals surface area contributed by atoms with E-state index >= 15 is 0 Å². The van der Waals surface area contributed by atoms with Gasteiger partial charge in [-0.3, -0.25) is 4.57 Å². The molecule has 0 saturated carbocycles. The molecule has 2 aromatic carbocycles. The molecule has 0 spiro atoms. The van der Waals surface area contributed by atoms with Gasteiger partial charge >= 0.3 is 5.69 Å². The molecule has 3 aromatic heterocycles. The van der Waals surface area contributed by atoms with Crippen LogP contribution in [0.3, 0.4) is 0 Å². The van der Waals surface area contributed by atoms with Crippen LogP contribution in [-0.4, -0.2) is 29.3 Å². The third-order valence-electron chi connectivity index (χ3n) is 5.38. The van der Waals surface area contributed by atoms with E-state index in [1.165, 1.54) is 5.56 Å². The zero-order valence-electron chi connectivity index (χ0n) is 17.4. The molecule has 154 valence electrons. The van der Waals surface area contributed by atoms with Gasteiger partial charge in [-0.1, -0.05) is 50.2 Å². The zero-order chi connectivity index (χ0) is 21.4. The van der Waals surface area contributed by atoms with E-state index in [0.29, 0.717) is 29.5 Å². The van der Waals surface area contributed by atoms with Crippen LogP contribution in [0.2, 0.25) is 0 Å². The average molecular weight is 410 g/mol. The maximum atomic E-state index is 12.6. The van der Waals surface area contributed by atoms with Crippen LogP contribution < -0.4 is 5.69 Å². The van der Waals surface area contributed by atoms with Crippen molar-refractivity contribution in [1.29, 1.82) is 0 Å². The Morgan fingerprint density at radius 3 is 2.58 bits per heavy atom. The van der Waals surface area contributed by atoms with Gasteiger partial charge in [-0.05, 0) is 35.2 Å². The number of aromatic amines is 1. The van der Waals surface area contributed by atoms with Crippen LogP contribution in [0.5, 0.6) is 0 Å². The van der Waals surface area contributed by atoms with Crippen molar-refractivity contribution in [2.75, 3.05) is 0 Å². The topological polar surface area (TPSA) is 81.4 Å². The molecule has 0 aliphatic heterocycles. The smallest absolute Gasteiger partial charge is 0.303 e. The molecule has 0 aliphatic carbocycles. The Bertz CT molecular complexity index is 1390. The molecule has 7 nitrogen and oxygen atoms in total. The second-order valence-corrected chi connectivity index (χ2v) is 7.81. The van der Waals surface area contributed by atoms with E-state index in [4.69, 9.17) is 4.98 Å². The molecular formula is C24H22N6O. The molecule has 0 fully saturated rings.